The number of allylic oxidation sites excluding steroid dienone is 4. The van der Waals surface area contributed by atoms with Gasteiger partial charge in [-0.1, -0.05) is 38.2 Å². The number of hydrogen-bond donors (Lipinski definition) is 2. The maximum Gasteiger partial charge on any atom is 0.0552 e. The predicted octanol–water partition coefficient (Wildman–Crippen LogP) is 3.41. The Bertz CT molecular complexity index is 354. The highest BCUT2D eigenvalue weighted by Gasteiger charge is 2.31. The molecule has 0 aromatic rings. The Morgan fingerprint density at radius 2 is 1.17 bits per heavy atom. The second-order valence-electron chi connectivity index (χ2n) is 5.24. The van der Waals surface area contributed by atoms with Crippen LogP contribution in [0.4, 0.5) is 0 Å². The molecule has 0 bridgehead atoms. The summed E-state index contributed by atoms with van der Waals surface area (Å²) < 4.78 is 0. The van der Waals surface area contributed by atoms with Crippen molar-refractivity contribution in [2.75, 3.05) is 0 Å². The van der Waals surface area contributed by atoms with Crippen LogP contribution in [0.3, 0.4) is 0 Å². The maximum absolute atomic E-state index is 3.53. The normalized spacial score (nSPS) is 33.2. The molecule has 2 heterocycles. The molecule has 2 aliphatic rings. The number of dihydropyridines is 2. The third kappa shape index (κ3) is 2.69. The van der Waals surface area contributed by atoms with Crippen LogP contribution in [-0.4, -0.2) is 11.1 Å². The Labute approximate surface area is 111 Å². The van der Waals surface area contributed by atoms with E-state index in [1.807, 2.05) is 0 Å². The highest BCUT2D eigenvalue weighted by Crippen LogP contribution is 2.29. The topological polar surface area (TPSA) is 24.1 Å². The Balaban J connectivity index is 2.01. The molecule has 18 heavy (non-hydrogen) atoms. The molecule has 0 aromatic heterocycles. The third-order valence-electron chi connectivity index (χ3n) is 4.27. The smallest absolute Gasteiger partial charge is 0.0552 e. The van der Waals surface area contributed by atoms with Gasteiger partial charge in [-0.15, -0.1) is 0 Å². The molecule has 0 radical (unpaired) electrons. The van der Waals surface area contributed by atoms with Crippen LogP contribution in [0.2, 0.25) is 0 Å². The summed E-state index contributed by atoms with van der Waals surface area (Å²) in [7, 11) is 0. The van der Waals surface area contributed by atoms with Crippen molar-refractivity contribution in [2.45, 2.75) is 50.6 Å². The van der Waals surface area contributed by atoms with E-state index in [1.165, 1.54) is 0 Å². The first-order chi connectivity index (χ1) is 8.74. The molecule has 2 N–H and O–H groups in total. The van der Waals surface area contributed by atoms with Gasteiger partial charge in [-0.05, 0) is 50.2 Å². The van der Waals surface area contributed by atoms with E-state index >= 15 is 0 Å². The lowest BCUT2D eigenvalue weighted by Gasteiger charge is -2.38. The van der Waals surface area contributed by atoms with Gasteiger partial charge < -0.3 is 10.6 Å². The van der Waals surface area contributed by atoms with Gasteiger partial charge in [0.25, 0.3) is 0 Å². The zero-order valence-corrected chi connectivity index (χ0v) is 11.4. The van der Waals surface area contributed by atoms with Crippen LogP contribution >= 0.6 is 0 Å². The van der Waals surface area contributed by atoms with E-state index in [9.17, 15) is 0 Å². The average molecular weight is 244 g/mol. The second kappa shape index (κ2) is 5.47. The molecular weight excluding hydrogens is 220 g/mol. The van der Waals surface area contributed by atoms with Crippen molar-refractivity contribution in [3.8, 4) is 0 Å². The largest absolute Gasteiger partial charge is 0.382 e. The molecule has 2 heteroatoms. The van der Waals surface area contributed by atoms with Crippen molar-refractivity contribution in [3.63, 3.8) is 0 Å². The molecular formula is C16H24N2. The number of nitrogens with one attached hydrogen (secondary N) is 2. The number of hydrogen-bond acceptors (Lipinski definition) is 2. The highest BCUT2D eigenvalue weighted by molar-refractivity contribution is 5.22. The summed E-state index contributed by atoms with van der Waals surface area (Å²) in [6.45, 7) is 4.50. The fourth-order valence-electron chi connectivity index (χ4n) is 2.67. The van der Waals surface area contributed by atoms with E-state index in [4.69, 9.17) is 0 Å². The van der Waals surface area contributed by atoms with E-state index in [0.717, 1.165) is 25.7 Å². The van der Waals surface area contributed by atoms with Gasteiger partial charge in [0.1, 0.15) is 0 Å². The molecule has 98 valence electrons. The molecule has 0 aromatic carbocycles. The van der Waals surface area contributed by atoms with Gasteiger partial charge in [0.05, 0.1) is 11.1 Å². The Morgan fingerprint density at radius 1 is 0.722 bits per heavy atom. The average Bonchev–Trinajstić information content (AvgIpc) is 2.47. The van der Waals surface area contributed by atoms with Gasteiger partial charge >= 0.3 is 0 Å². The van der Waals surface area contributed by atoms with Crippen LogP contribution < -0.4 is 10.6 Å². The lowest BCUT2D eigenvalue weighted by molar-refractivity contribution is 0.317. The first-order valence-corrected chi connectivity index (χ1v) is 6.98. The molecule has 0 saturated carbocycles. The van der Waals surface area contributed by atoms with Gasteiger partial charge in [-0.3, -0.25) is 0 Å². The SMILES string of the molecule is CCC1(CCC2(CC)C=CC=CN2)C=CC=CN1. The summed E-state index contributed by atoms with van der Waals surface area (Å²) in [5.41, 5.74) is 0.265. The molecule has 2 unspecified atom stereocenters. The summed E-state index contributed by atoms with van der Waals surface area (Å²) in [5.74, 6) is 0. The molecule has 0 aliphatic carbocycles. The summed E-state index contributed by atoms with van der Waals surface area (Å²) in [4.78, 5) is 0. The summed E-state index contributed by atoms with van der Waals surface area (Å²) in [5, 5.41) is 7.05. The van der Waals surface area contributed by atoms with Crippen molar-refractivity contribution in [1.29, 1.82) is 0 Å². The maximum atomic E-state index is 3.53. The van der Waals surface area contributed by atoms with Gasteiger partial charge in [-0.2, -0.15) is 0 Å². The quantitative estimate of drug-likeness (QED) is 0.774. The Hall–Kier alpha value is -1.44. The minimum absolute atomic E-state index is 0.133. The van der Waals surface area contributed by atoms with Crippen molar-refractivity contribution < 1.29 is 0 Å². The highest BCUT2D eigenvalue weighted by atomic mass is 15.0. The van der Waals surface area contributed by atoms with Crippen LogP contribution in [0.1, 0.15) is 39.5 Å². The van der Waals surface area contributed by atoms with E-state index < -0.39 is 0 Å². The molecule has 0 spiro atoms. The van der Waals surface area contributed by atoms with E-state index in [-0.39, 0.29) is 11.1 Å². The third-order valence-corrected chi connectivity index (χ3v) is 4.27. The molecule has 2 aliphatic heterocycles. The van der Waals surface area contributed by atoms with Gasteiger partial charge in [0.15, 0.2) is 0 Å². The Morgan fingerprint density at radius 3 is 1.44 bits per heavy atom. The van der Waals surface area contributed by atoms with Crippen molar-refractivity contribution in [2.24, 2.45) is 0 Å². The van der Waals surface area contributed by atoms with E-state index in [2.05, 4.69) is 73.3 Å². The van der Waals surface area contributed by atoms with Crippen LogP contribution in [-0.2, 0) is 0 Å². The van der Waals surface area contributed by atoms with Crippen LogP contribution in [0.25, 0.3) is 0 Å². The minimum atomic E-state index is 0.133. The fraction of sp³-hybridized carbons (Fsp3) is 0.500. The zero-order valence-electron chi connectivity index (χ0n) is 11.4. The molecule has 0 amide bonds. The zero-order chi connectivity index (χ0) is 12.9. The molecule has 2 nitrogen and oxygen atoms in total. The second-order valence-corrected chi connectivity index (χ2v) is 5.24. The fourth-order valence-corrected chi connectivity index (χ4v) is 2.67. The summed E-state index contributed by atoms with van der Waals surface area (Å²) in [6.07, 6.45) is 21.7. The standard InChI is InChI=1S/C16H24N2/c1-3-15(9-5-7-13-17-15)11-12-16(4-2)10-6-8-14-18-16/h5-10,13-14,17-18H,3-4,11-12H2,1-2H3. The van der Waals surface area contributed by atoms with Crippen LogP contribution in [0.15, 0.2) is 48.9 Å². The summed E-state index contributed by atoms with van der Waals surface area (Å²) in [6, 6.07) is 0. The Kier molecular flexibility index (Phi) is 3.95. The molecule has 0 fully saturated rings. The monoisotopic (exact) mass is 244 g/mol. The molecule has 2 rings (SSSR count). The van der Waals surface area contributed by atoms with Gasteiger partial charge in [0.2, 0.25) is 0 Å². The van der Waals surface area contributed by atoms with E-state index in [0.29, 0.717) is 0 Å². The van der Waals surface area contributed by atoms with Crippen LogP contribution in [0, 0.1) is 0 Å². The van der Waals surface area contributed by atoms with Gasteiger partial charge in [-0.25, -0.2) is 0 Å². The lowest BCUT2D eigenvalue weighted by atomic mass is 9.80. The minimum Gasteiger partial charge on any atom is -0.382 e. The van der Waals surface area contributed by atoms with Crippen molar-refractivity contribution in [3.05, 3.63) is 48.9 Å². The first kappa shape index (κ1) is 13.0. The predicted molar refractivity (Wildman–Crippen MR) is 78.1 cm³/mol. The first-order valence-electron chi connectivity index (χ1n) is 6.98. The lowest BCUT2D eigenvalue weighted by Crippen LogP contribution is -2.46. The number of rotatable bonds is 5. The van der Waals surface area contributed by atoms with Crippen molar-refractivity contribution >= 4 is 0 Å². The van der Waals surface area contributed by atoms with E-state index in [1.54, 1.807) is 0 Å². The van der Waals surface area contributed by atoms with Gasteiger partial charge in [0, 0.05) is 0 Å². The van der Waals surface area contributed by atoms with Crippen molar-refractivity contribution in [1.82, 2.24) is 10.6 Å². The molecule has 0 saturated heterocycles. The summed E-state index contributed by atoms with van der Waals surface area (Å²) >= 11 is 0. The molecule has 2 atom stereocenters. The van der Waals surface area contributed by atoms with Crippen LogP contribution in [0.5, 0.6) is 0 Å².